The molecular weight excluding hydrogens is 507 g/mol. The molecule has 0 fully saturated rings. The number of nitrogens with one attached hydrogen (secondary N) is 1. The van der Waals surface area contributed by atoms with Gasteiger partial charge >= 0.3 is 0 Å². The van der Waals surface area contributed by atoms with Gasteiger partial charge in [-0.15, -0.1) is 0 Å². The van der Waals surface area contributed by atoms with Gasteiger partial charge in [0, 0.05) is 19.5 Å². The quantitative estimate of drug-likeness (QED) is 0.321. The third-order valence-electron chi connectivity index (χ3n) is 6.01. The fraction of sp³-hybridized carbons (Fsp3) is 0.333. The number of nitrogens with zero attached hydrogens (tertiary/aromatic N) is 1. The molecule has 37 heavy (non-hydrogen) atoms. The van der Waals surface area contributed by atoms with Crippen molar-refractivity contribution in [2.45, 2.75) is 52.1 Å². The van der Waals surface area contributed by atoms with Crippen LogP contribution in [0, 0.1) is 0 Å². The highest BCUT2D eigenvalue weighted by atomic mass is 35.5. The van der Waals surface area contributed by atoms with E-state index in [-0.39, 0.29) is 30.4 Å². The summed E-state index contributed by atoms with van der Waals surface area (Å²) < 4.78 is 6.06. The van der Waals surface area contributed by atoms with Gasteiger partial charge in [-0.2, -0.15) is 0 Å². The summed E-state index contributed by atoms with van der Waals surface area (Å²) in [6.45, 7) is 8.56. The summed E-state index contributed by atoms with van der Waals surface area (Å²) in [4.78, 5) is 28.6. The molecule has 0 unspecified atom stereocenters. The number of hydrogen-bond donors (Lipinski definition) is 1. The molecule has 0 aliphatic carbocycles. The SMILES string of the molecule is CCNC(=O)[C@@H](Cc1ccccc1)N(Cc1ccc(Cl)c(Cl)c1)C(=O)COc1ccccc1C(C)(C)C. The van der Waals surface area contributed by atoms with Crippen LogP contribution in [0.1, 0.15) is 44.4 Å². The lowest BCUT2D eigenvalue weighted by molar-refractivity contribution is -0.142. The van der Waals surface area contributed by atoms with Crippen LogP contribution < -0.4 is 10.1 Å². The second-order valence-electron chi connectivity index (χ2n) is 9.91. The van der Waals surface area contributed by atoms with Crippen LogP contribution in [0.15, 0.2) is 72.8 Å². The molecule has 0 saturated heterocycles. The number of hydrogen-bond acceptors (Lipinski definition) is 3. The van der Waals surface area contributed by atoms with Crippen molar-refractivity contribution in [2.75, 3.05) is 13.2 Å². The summed E-state index contributed by atoms with van der Waals surface area (Å²) in [7, 11) is 0. The maximum Gasteiger partial charge on any atom is 0.261 e. The maximum atomic E-state index is 13.7. The van der Waals surface area contributed by atoms with Crippen molar-refractivity contribution in [3.05, 3.63) is 99.5 Å². The van der Waals surface area contributed by atoms with E-state index in [0.717, 1.165) is 16.7 Å². The topological polar surface area (TPSA) is 58.6 Å². The van der Waals surface area contributed by atoms with E-state index >= 15 is 0 Å². The summed E-state index contributed by atoms with van der Waals surface area (Å²) >= 11 is 12.4. The number of benzene rings is 3. The van der Waals surface area contributed by atoms with Gasteiger partial charge in [-0.25, -0.2) is 0 Å². The van der Waals surface area contributed by atoms with Gasteiger partial charge in [0.05, 0.1) is 10.0 Å². The van der Waals surface area contributed by atoms with Gasteiger partial charge in [-0.3, -0.25) is 9.59 Å². The van der Waals surface area contributed by atoms with Crippen LogP contribution in [0.25, 0.3) is 0 Å². The number of para-hydroxylation sites is 1. The van der Waals surface area contributed by atoms with E-state index in [1.807, 2.05) is 67.6 Å². The third kappa shape index (κ3) is 7.98. The molecule has 7 heteroatoms. The molecule has 0 aliphatic rings. The minimum absolute atomic E-state index is 0.157. The standard InChI is InChI=1S/C30H34Cl2N2O3/c1-5-33-29(36)26(18-21-11-7-6-8-12-21)34(19-22-15-16-24(31)25(32)17-22)28(35)20-37-27-14-10-9-13-23(27)30(2,3)4/h6-17,26H,5,18-20H2,1-4H3,(H,33,36)/t26-/m1/s1. The molecule has 0 radical (unpaired) electrons. The molecule has 3 aromatic carbocycles. The van der Waals surface area contributed by atoms with E-state index in [1.54, 1.807) is 17.0 Å². The Kier molecular flexibility index (Phi) is 10.0. The van der Waals surface area contributed by atoms with Crippen LogP contribution in [0.5, 0.6) is 5.75 Å². The van der Waals surface area contributed by atoms with Crippen molar-refractivity contribution < 1.29 is 14.3 Å². The van der Waals surface area contributed by atoms with Crippen molar-refractivity contribution in [1.82, 2.24) is 10.2 Å². The number of likely N-dealkylation sites (N-methyl/N-ethyl adjacent to an activating group) is 1. The molecule has 0 spiro atoms. The normalized spacial score (nSPS) is 12.1. The Morgan fingerprint density at radius 1 is 0.919 bits per heavy atom. The summed E-state index contributed by atoms with van der Waals surface area (Å²) in [5, 5.41) is 3.70. The first-order valence-corrected chi connectivity index (χ1v) is 13.1. The van der Waals surface area contributed by atoms with Crippen LogP contribution in [-0.4, -0.2) is 35.9 Å². The van der Waals surface area contributed by atoms with Crippen LogP contribution in [0.4, 0.5) is 0 Å². The Morgan fingerprint density at radius 3 is 2.24 bits per heavy atom. The molecule has 0 heterocycles. The molecule has 0 bridgehead atoms. The van der Waals surface area contributed by atoms with Gasteiger partial charge in [0.2, 0.25) is 5.91 Å². The molecule has 5 nitrogen and oxygen atoms in total. The fourth-order valence-electron chi connectivity index (χ4n) is 4.12. The van der Waals surface area contributed by atoms with E-state index in [4.69, 9.17) is 27.9 Å². The van der Waals surface area contributed by atoms with E-state index in [0.29, 0.717) is 28.8 Å². The highest BCUT2D eigenvalue weighted by Crippen LogP contribution is 2.31. The lowest BCUT2D eigenvalue weighted by Crippen LogP contribution is -2.51. The molecule has 2 amide bonds. The van der Waals surface area contributed by atoms with Gasteiger partial charge < -0.3 is 15.0 Å². The van der Waals surface area contributed by atoms with Crippen LogP contribution >= 0.6 is 23.2 Å². The van der Waals surface area contributed by atoms with E-state index in [9.17, 15) is 9.59 Å². The highest BCUT2D eigenvalue weighted by Gasteiger charge is 2.31. The Bertz CT molecular complexity index is 1210. The molecule has 0 aromatic heterocycles. The molecular formula is C30H34Cl2N2O3. The first-order chi connectivity index (χ1) is 17.6. The van der Waals surface area contributed by atoms with Gasteiger partial charge in [0.25, 0.3) is 5.91 Å². The van der Waals surface area contributed by atoms with Crippen LogP contribution in [0.3, 0.4) is 0 Å². The Hall–Kier alpha value is -3.02. The Labute approximate surface area is 229 Å². The second-order valence-corrected chi connectivity index (χ2v) is 10.7. The van der Waals surface area contributed by atoms with Crippen molar-refractivity contribution in [3.8, 4) is 5.75 Å². The highest BCUT2D eigenvalue weighted by molar-refractivity contribution is 6.42. The molecule has 3 rings (SSSR count). The second kappa shape index (κ2) is 13.0. The molecule has 1 N–H and O–H groups in total. The van der Waals surface area contributed by atoms with E-state index in [2.05, 4.69) is 26.1 Å². The van der Waals surface area contributed by atoms with Gasteiger partial charge in [-0.05, 0) is 47.2 Å². The number of carbonyl (C=O) groups is 2. The largest absolute Gasteiger partial charge is 0.483 e. The van der Waals surface area contributed by atoms with E-state index in [1.165, 1.54) is 0 Å². The zero-order valence-corrected chi connectivity index (χ0v) is 23.3. The summed E-state index contributed by atoms with van der Waals surface area (Å²) in [6, 6.07) is 21.8. The average molecular weight is 542 g/mol. The molecule has 3 aromatic rings. The van der Waals surface area contributed by atoms with Crippen molar-refractivity contribution in [1.29, 1.82) is 0 Å². The van der Waals surface area contributed by atoms with Crippen LogP contribution in [-0.2, 0) is 28.0 Å². The predicted octanol–water partition coefficient (Wildman–Crippen LogP) is 6.45. The van der Waals surface area contributed by atoms with Crippen molar-refractivity contribution in [2.24, 2.45) is 0 Å². The van der Waals surface area contributed by atoms with E-state index < -0.39 is 6.04 Å². The first-order valence-electron chi connectivity index (χ1n) is 12.4. The Morgan fingerprint density at radius 2 is 1.59 bits per heavy atom. The minimum atomic E-state index is -0.745. The van der Waals surface area contributed by atoms with Gasteiger partial charge in [-0.1, -0.05) is 98.6 Å². The first kappa shape index (κ1) is 28.5. The monoisotopic (exact) mass is 540 g/mol. The Balaban J connectivity index is 1.94. The average Bonchev–Trinajstić information content (AvgIpc) is 2.87. The van der Waals surface area contributed by atoms with Gasteiger partial charge in [0.15, 0.2) is 6.61 Å². The fourth-order valence-corrected chi connectivity index (χ4v) is 4.44. The summed E-state index contributed by atoms with van der Waals surface area (Å²) in [5.74, 6) is 0.118. The number of amides is 2. The number of halogens is 2. The van der Waals surface area contributed by atoms with Gasteiger partial charge in [0.1, 0.15) is 11.8 Å². The zero-order chi connectivity index (χ0) is 27.0. The van der Waals surface area contributed by atoms with Crippen LogP contribution in [0.2, 0.25) is 10.0 Å². The lowest BCUT2D eigenvalue weighted by atomic mass is 9.86. The minimum Gasteiger partial charge on any atom is -0.483 e. The predicted molar refractivity (Wildman–Crippen MR) is 150 cm³/mol. The molecule has 0 aliphatic heterocycles. The summed E-state index contributed by atoms with van der Waals surface area (Å²) in [6.07, 6.45) is 0.359. The maximum absolute atomic E-state index is 13.7. The number of rotatable bonds is 10. The zero-order valence-electron chi connectivity index (χ0n) is 21.8. The number of ether oxygens (including phenoxy) is 1. The molecule has 196 valence electrons. The summed E-state index contributed by atoms with van der Waals surface area (Å²) in [5.41, 5.74) is 2.56. The number of carbonyl (C=O) groups excluding carboxylic acids is 2. The van der Waals surface area contributed by atoms with Crippen molar-refractivity contribution in [3.63, 3.8) is 0 Å². The molecule has 0 saturated carbocycles. The van der Waals surface area contributed by atoms with Crippen molar-refractivity contribution >= 4 is 35.0 Å². The lowest BCUT2D eigenvalue weighted by Gasteiger charge is -2.32. The third-order valence-corrected chi connectivity index (χ3v) is 6.74. The smallest absolute Gasteiger partial charge is 0.261 e. The molecule has 1 atom stereocenters.